The van der Waals surface area contributed by atoms with Gasteiger partial charge >= 0.3 is 0 Å². The average molecular weight is 301 g/mol. The number of carbonyl (C=O) groups excluding carboxylic acids is 2. The molecular formula is C17H23N3O2. The SMILES string of the molecule is NC(=O)C1CCCN1Cc1ccc(C(=O)N2CCCC2)cc1. The number of nitrogens with zero attached hydrogens (tertiary/aromatic N) is 2. The van der Waals surface area contributed by atoms with Crippen LogP contribution in [0.15, 0.2) is 24.3 Å². The summed E-state index contributed by atoms with van der Waals surface area (Å²) in [4.78, 5) is 27.8. The molecule has 1 atom stereocenters. The first-order valence-corrected chi connectivity index (χ1v) is 8.07. The second kappa shape index (κ2) is 6.48. The summed E-state index contributed by atoms with van der Waals surface area (Å²) < 4.78 is 0. The van der Waals surface area contributed by atoms with Crippen molar-refractivity contribution in [1.29, 1.82) is 0 Å². The number of hydrogen-bond acceptors (Lipinski definition) is 3. The molecule has 2 fully saturated rings. The average Bonchev–Trinajstić information content (AvgIpc) is 3.18. The van der Waals surface area contributed by atoms with Crippen molar-refractivity contribution < 1.29 is 9.59 Å². The van der Waals surface area contributed by atoms with Crippen LogP contribution in [0.5, 0.6) is 0 Å². The Bertz CT molecular complexity index is 550. The zero-order chi connectivity index (χ0) is 15.5. The van der Waals surface area contributed by atoms with Crippen LogP contribution < -0.4 is 5.73 Å². The molecule has 0 spiro atoms. The fourth-order valence-electron chi connectivity index (χ4n) is 3.43. The summed E-state index contributed by atoms with van der Waals surface area (Å²) in [5.41, 5.74) is 7.31. The van der Waals surface area contributed by atoms with Gasteiger partial charge in [0.25, 0.3) is 5.91 Å². The summed E-state index contributed by atoms with van der Waals surface area (Å²) in [7, 11) is 0. The Morgan fingerprint density at radius 2 is 1.73 bits per heavy atom. The molecule has 5 nitrogen and oxygen atoms in total. The molecule has 2 saturated heterocycles. The normalized spacial score (nSPS) is 22.2. The molecular weight excluding hydrogens is 278 g/mol. The Hall–Kier alpha value is -1.88. The van der Waals surface area contributed by atoms with Crippen LogP contribution in [-0.4, -0.2) is 47.3 Å². The molecule has 22 heavy (non-hydrogen) atoms. The second-order valence-corrected chi connectivity index (χ2v) is 6.23. The molecule has 1 unspecified atom stereocenters. The maximum Gasteiger partial charge on any atom is 0.253 e. The standard InChI is InChI=1S/C17H23N3O2/c18-16(21)15-4-3-11-20(15)12-13-5-7-14(8-6-13)17(22)19-9-1-2-10-19/h5-8,15H,1-4,9-12H2,(H2,18,21). The quantitative estimate of drug-likeness (QED) is 0.913. The highest BCUT2D eigenvalue weighted by atomic mass is 16.2. The third kappa shape index (κ3) is 3.14. The second-order valence-electron chi connectivity index (χ2n) is 6.23. The van der Waals surface area contributed by atoms with Gasteiger partial charge in [-0.3, -0.25) is 14.5 Å². The third-order valence-electron chi connectivity index (χ3n) is 4.67. The largest absolute Gasteiger partial charge is 0.368 e. The number of likely N-dealkylation sites (tertiary alicyclic amines) is 2. The molecule has 2 aliphatic heterocycles. The van der Waals surface area contributed by atoms with E-state index in [0.717, 1.165) is 56.4 Å². The first-order chi connectivity index (χ1) is 10.6. The summed E-state index contributed by atoms with van der Waals surface area (Å²) >= 11 is 0. The molecule has 2 N–H and O–H groups in total. The van der Waals surface area contributed by atoms with Gasteiger partial charge in [-0.15, -0.1) is 0 Å². The Balaban J connectivity index is 1.64. The lowest BCUT2D eigenvalue weighted by atomic mass is 10.1. The lowest BCUT2D eigenvalue weighted by Crippen LogP contribution is -2.39. The molecule has 1 aromatic rings. The predicted molar refractivity (Wildman–Crippen MR) is 84.2 cm³/mol. The van der Waals surface area contributed by atoms with E-state index in [-0.39, 0.29) is 17.9 Å². The van der Waals surface area contributed by atoms with E-state index in [9.17, 15) is 9.59 Å². The number of primary amides is 1. The van der Waals surface area contributed by atoms with E-state index in [1.807, 2.05) is 29.2 Å². The van der Waals surface area contributed by atoms with Crippen molar-refractivity contribution in [2.45, 2.75) is 38.3 Å². The molecule has 0 aliphatic carbocycles. The topological polar surface area (TPSA) is 66.6 Å². The minimum absolute atomic E-state index is 0.125. The van der Waals surface area contributed by atoms with Gasteiger partial charge in [-0.05, 0) is 49.9 Å². The first kappa shape index (κ1) is 15.0. The number of nitrogens with two attached hydrogens (primary N) is 1. The molecule has 2 heterocycles. The van der Waals surface area contributed by atoms with Gasteiger partial charge in [0.1, 0.15) is 0 Å². The molecule has 118 valence electrons. The third-order valence-corrected chi connectivity index (χ3v) is 4.67. The van der Waals surface area contributed by atoms with E-state index in [1.165, 1.54) is 0 Å². The molecule has 5 heteroatoms. The van der Waals surface area contributed by atoms with E-state index in [0.29, 0.717) is 6.54 Å². The smallest absolute Gasteiger partial charge is 0.253 e. The fourth-order valence-corrected chi connectivity index (χ4v) is 3.43. The lowest BCUT2D eigenvalue weighted by Gasteiger charge is -2.22. The number of carbonyl (C=O) groups is 2. The lowest BCUT2D eigenvalue weighted by molar-refractivity contribution is -0.122. The van der Waals surface area contributed by atoms with Crippen molar-refractivity contribution in [1.82, 2.24) is 9.80 Å². The molecule has 2 aliphatic rings. The van der Waals surface area contributed by atoms with Gasteiger partial charge in [-0.2, -0.15) is 0 Å². The maximum atomic E-state index is 12.3. The van der Waals surface area contributed by atoms with Gasteiger partial charge in [-0.25, -0.2) is 0 Å². The number of rotatable bonds is 4. The minimum atomic E-state index is -0.238. The van der Waals surface area contributed by atoms with Gasteiger partial charge in [0.15, 0.2) is 0 Å². The molecule has 0 radical (unpaired) electrons. The van der Waals surface area contributed by atoms with Crippen LogP contribution in [0.1, 0.15) is 41.6 Å². The van der Waals surface area contributed by atoms with Crippen LogP contribution in [0.25, 0.3) is 0 Å². The summed E-state index contributed by atoms with van der Waals surface area (Å²) in [6.45, 7) is 3.36. The maximum absolute atomic E-state index is 12.3. The van der Waals surface area contributed by atoms with E-state index in [4.69, 9.17) is 5.73 Å². The van der Waals surface area contributed by atoms with E-state index >= 15 is 0 Å². The van der Waals surface area contributed by atoms with Crippen molar-refractivity contribution in [2.75, 3.05) is 19.6 Å². The molecule has 1 aromatic carbocycles. The van der Waals surface area contributed by atoms with Crippen molar-refractivity contribution in [3.05, 3.63) is 35.4 Å². The van der Waals surface area contributed by atoms with Crippen molar-refractivity contribution in [3.8, 4) is 0 Å². The molecule has 0 bridgehead atoms. The number of benzene rings is 1. The van der Waals surface area contributed by atoms with Crippen molar-refractivity contribution >= 4 is 11.8 Å². The Kier molecular flexibility index (Phi) is 4.43. The summed E-state index contributed by atoms with van der Waals surface area (Å²) in [5.74, 6) is -0.112. The van der Waals surface area contributed by atoms with Crippen LogP contribution in [0.3, 0.4) is 0 Å². The van der Waals surface area contributed by atoms with Crippen LogP contribution in [-0.2, 0) is 11.3 Å². The summed E-state index contributed by atoms with van der Waals surface area (Å²) in [5, 5.41) is 0. The van der Waals surface area contributed by atoms with Gasteiger partial charge in [0.2, 0.25) is 5.91 Å². The van der Waals surface area contributed by atoms with Gasteiger partial charge in [0.05, 0.1) is 6.04 Å². The zero-order valence-corrected chi connectivity index (χ0v) is 12.8. The van der Waals surface area contributed by atoms with Gasteiger partial charge in [0, 0.05) is 25.2 Å². The highest BCUT2D eigenvalue weighted by molar-refractivity contribution is 5.94. The molecule has 2 amide bonds. The van der Waals surface area contributed by atoms with Crippen LogP contribution in [0, 0.1) is 0 Å². The van der Waals surface area contributed by atoms with Gasteiger partial charge in [-0.1, -0.05) is 12.1 Å². The van der Waals surface area contributed by atoms with E-state index in [1.54, 1.807) is 0 Å². The van der Waals surface area contributed by atoms with Crippen molar-refractivity contribution in [3.63, 3.8) is 0 Å². The van der Waals surface area contributed by atoms with Crippen LogP contribution in [0.4, 0.5) is 0 Å². The zero-order valence-electron chi connectivity index (χ0n) is 12.8. The van der Waals surface area contributed by atoms with Gasteiger partial charge < -0.3 is 10.6 Å². The Morgan fingerprint density at radius 1 is 1.05 bits per heavy atom. The van der Waals surface area contributed by atoms with E-state index in [2.05, 4.69) is 4.90 Å². The number of hydrogen-bond donors (Lipinski definition) is 1. The Labute approximate surface area is 131 Å². The van der Waals surface area contributed by atoms with Crippen LogP contribution in [0.2, 0.25) is 0 Å². The summed E-state index contributed by atoms with van der Waals surface area (Å²) in [6.07, 6.45) is 4.07. The predicted octanol–water partition coefficient (Wildman–Crippen LogP) is 1.37. The highest BCUT2D eigenvalue weighted by Crippen LogP contribution is 2.20. The van der Waals surface area contributed by atoms with E-state index < -0.39 is 0 Å². The minimum Gasteiger partial charge on any atom is -0.368 e. The molecule has 3 rings (SSSR count). The number of amides is 2. The molecule has 0 saturated carbocycles. The monoisotopic (exact) mass is 301 g/mol. The van der Waals surface area contributed by atoms with Crippen LogP contribution >= 0.6 is 0 Å². The van der Waals surface area contributed by atoms with Crippen molar-refractivity contribution in [2.24, 2.45) is 5.73 Å². The summed E-state index contributed by atoms with van der Waals surface area (Å²) in [6, 6.07) is 7.61. The first-order valence-electron chi connectivity index (χ1n) is 8.07. The Morgan fingerprint density at radius 3 is 2.36 bits per heavy atom. The fraction of sp³-hybridized carbons (Fsp3) is 0.529. The molecule has 0 aromatic heterocycles. The highest BCUT2D eigenvalue weighted by Gasteiger charge is 2.28.